The van der Waals surface area contributed by atoms with Gasteiger partial charge in [0.15, 0.2) is 11.5 Å². The van der Waals surface area contributed by atoms with Crippen molar-refractivity contribution >= 4 is 18.5 Å². The van der Waals surface area contributed by atoms with E-state index in [1.54, 1.807) is 30.3 Å². The van der Waals surface area contributed by atoms with E-state index in [0.717, 1.165) is 17.9 Å². The Kier molecular flexibility index (Phi) is 13.3. The molecule has 0 radical (unpaired) electrons. The number of ketones is 1. The van der Waals surface area contributed by atoms with Crippen LogP contribution in [0.5, 0.6) is 11.5 Å². The van der Waals surface area contributed by atoms with E-state index in [-0.39, 0.29) is 0 Å². The van der Waals surface area contributed by atoms with E-state index in [4.69, 9.17) is 20.0 Å². The number of Topliss-reactive ketones (excluding diaryl/α,β-unsaturated/α-hetero) is 1. The van der Waals surface area contributed by atoms with Crippen molar-refractivity contribution in [3.63, 3.8) is 0 Å². The molecule has 0 aliphatic carbocycles. The van der Waals surface area contributed by atoms with Crippen LogP contribution in [-0.4, -0.2) is 56.2 Å². The molecule has 176 valence electrons. The Bertz CT molecular complexity index is 877. The molecule has 2 heterocycles. The number of nitrogens with zero attached hydrogens (tertiary/aromatic N) is 1. The molecule has 0 saturated carbocycles. The van der Waals surface area contributed by atoms with Gasteiger partial charge in [0, 0.05) is 5.56 Å². The van der Waals surface area contributed by atoms with Gasteiger partial charge in [0.25, 0.3) is 5.91 Å². The third-order valence-corrected chi connectivity index (χ3v) is 5.00. The molecular formula is C26H32N2O5. The van der Waals surface area contributed by atoms with Crippen molar-refractivity contribution in [1.82, 2.24) is 4.90 Å². The maximum atomic E-state index is 10.9. The molecule has 0 bridgehead atoms. The quantitative estimate of drug-likeness (QED) is 0.411. The third kappa shape index (κ3) is 9.58. The van der Waals surface area contributed by atoms with Crippen LogP contribution in [0, 0.1) is 12.8 Å². The van der Waals surface area contributed by atoms with Crippen LogP contribution in [0.4, 0.5) is 0 Å². The number of ether oxygens (including phenoxy) is 2. The summed E-state index contributed by atoms with van der Waals surface area (Å²) in [6.45, 7) is 7.16. The summed E-state index contributed by atoms with van der Waals surface area (Å²) in [5.41, 5.74) is 6.47. The van der Waals surface area contributed by atoms with E-state index < -0.39 is 11.7 Å². The van der Waals surface area contributed by atoms with E-state index >= 15 is 0 Å². The number of rotatable bonds is 6. The van der Waals surface area contributed by atoms with E-state index in [2.05, 4.69) is 29.9 Å². The fraction of sp³-hybridized carbons (Fsp3) is 0.346. The molecule has 0 unspecified atom stereocenters. The molecule has 2 N–H and O–H groups in total. The van der Waals surface area contributed by atoms with Crippen LogP contribution >= 0.6 is 0 Å². The molecule has 0 spiro atoms. The molecule has 1 amide bonds. The van der Waals surface area contributed by atoms with Gasteiger partial charge in [-0.25, -0.2) is 0 Å². The molecule has 33 heavy (non-hydrogen) atoms. The molecule has 1 fully saturated rings. The molecule has 7 nitrogen and oxygen atoms in total. The van der Waals surface area contributed by atoms with Gasteiger partial charge >= 0.3 is 0 Å². The first kappa shape index (κ1) is 27.4. The van der Waals surface area contributed by atoms with Crippen LogP contribution in [0.1, 0.15) is 35.2 Å². The summed E-state index contributed by atoms with van der Waals surface area (Å²) >= 11 is 0. The lowest BCUT2D eigenvalue weighted by atomic mass is 10.1. The van der Waals surface area contributed by atoms with Crippen LogP contribution in [0.15, 0.2) is 48.5 Å². The van der Waals surface area contributed by atoms with E-state index in [1.807, 2.05) is 12.9 Å². The highest BCUT2D eigenvalue weighted by Gasteiger charge is 2.13. The van der Waals surface area contributed by atoms with Crippen molar-refractivity contribution in [1.29, 1.82) is 0 Å². The number of nitrogens with two attached hydrogens (primary N) is 1. The number of fused-ring (bicyclic) bond motifs is 1. The second-order valence-electron chi connectivity index (χ2n) is 7.19. The van der Waals surface area contributed by atoms with E-state index in [0.29, 0.717) is 18.8 Å². The van der Waals surface area contributed by atoms with Crippen molar-refractivity contribution in [2.24, 2.45) is 5.73 Å². The maximum Gasteiger partial charge on any atom is 0.289 e. The number of carbonyl (C=O) groups excluding carboxylic acids is 3. The Morgan fingerprint density at radius 2 is 1.55 bits per heavy atom. The number of aryl methyl sites for hydroxylation is 1. The van der Waals surface area contributed by atoms with E-state index in [1.165, 1.54) is 44.5 Å². The lowest BCUT2D eigenvalue weighted by Gasteiger charge is -2.19. The lowest BCUT2D eigenvalue weighted by molar-refractivity contribution is -0.114. The van der Waals surface area contributed by atoms with Gasteiger partial charge < -0.3 is 24.9 Å². The summed E-state index contributed by atoms with van der Waals surface area (Å²) < 4.78 is 11.1. The molecule has 0 aromatic heterocycles. The van der Waals surface area contributed by atoms with Crippen molar-refractivity contribution in [3.8, 4) is 24.3 Å². The lowest BCUT2D eigenvalue weighted by Crippen LogP contribution is -2.22. The Labute approximate surface area is 195 Å². The largest absolute Gasteiger partial charge is 0.486 e. The van der Waals surface area contributed by atoms with Crippen molar-refractivity contribution in [2.75, 3.05) is 32.8 Å². The van der Waals surface area contributed by atoms with Crippen LogP contribution in [0.3, 0.4) is 0 Å². The van der Waals surface area contributed by atoms with Crippen LogP contribution in [0.25, 0.3) is 0 Å². The third-order valence-electron chi connectivity index (χ3n) is 5.00. The molecule has 1 saturated heterocycles. The van der Waals surface area contributed by atoms with Crippen molar-refractivity contribution in [3.05, 3.63) is 59.7 Å². The first-order valence-corrected chi connectivity index (χ1v) is 10.8. The Balaban J connectivity index is 0.000000313. The van der Waals surface area contributed by atoms with Gasteiger partial charge in [0.1, 0.15) is 20.0 Å². The monoisotopic (exact) mass is 452 g/mol. The second-order valence-corrected chi connectivity index (χ2v) is 7.19. The predicted molar refractivity (Wildman–Crippen MR) is 128 cm³/mol. The topological polar surface area (TPSA) is 98.9 Å². The maximum absolute atomic E-state index is 10.9. The van der Waals surface area contributed by atoms with Gasteiger partial charge in [-0.15, -0.1) is 12.8 Å². The fourth-order valence-electron chi connectivity index (χ4n) is 3.49. The second kappa shape index (κ2) is 16.1. The number of amides is 1. The number of hydrogen-bond acceptors (Lipinski definition) is 6. The zero-order chi connectivity index (χ0) is 24.5. The number of carbonyl (C=O) groups is 3. The highest BCUT2D eigenvalue weighted by atomic mass is 16.6. The van der Waals surface area contributed by atoms with Crippen LogP contribution in [0.2, 0.25) is 0 Å². The highest BCUT2D eigenvalue weighted by Crippen LogP contribution is 2.31. The fourth-order valence-corrected chi connectivity index (χ4v) is 3.49. The molecule has 2 aromatic carbocycles. The zero-order valence-corrected chi connectivity index (χ0v) is 18.9. The minimum atomic E-state index is -0.920. The van der Waals surface area contributed by atoms with Gasteiger partial charge in [-0.2, -0.15) is 0 Å². The standard InChI is InChI=1S/C15H21NO2.C8H7NO2.C2H2.CH2O/c1-2-8-16(7-1)9-3-4-13-5-6-14-15(12-13)18-11-10-17-14;9-8(11)7(10)6-4-2-1-3-5-6;2*1-2/h5-6,12H,1-4,7-11H2;1-5H,(H2,9,11);1-2H;1H2. The molecule has 4 rings (SSSR count). The molecule has 2 aliphatic heterocycles. The molecule has 2 aromatic rings. The summed E-state index contributed by atoms with van der Waals surface area (Å²) in [5, 5.41) is 0. The number of benzene rings is 2. The molecule has 0 atom stereocenters. The average molecular weight is 453 g/mol. The number of terminal acetylenes is 1. The average Bonchev–Trinajstić information content (AvgIpc) is 3.40. The zero-order valence-electron chi connectivity index (χ0n) is 18.9. The Morgan fingerprint density at radius 1 is 0.939 bits per heavy atom. The highest BCUT2D eigenvalue weighted by molar-refractivity contribution is 6.42. The first-order valence-electron chi connectivity index (χ1n) is 10.8. The molecule has 7 heteroatoms. The number of primary amides is 1. The minimum absolute atomic E-state index is 0.333. The first-order chi connectivity index (χ1) is 16.1. The molecular weight excluding hydrogens is 420 g/mol. The van der Waals surface area contributed by atoms with Gasteiger partial charge in [-0.1, -0.05) is 36.4 Å². The van der Waals surface area contributed by atoms with Gasteiger partial charge in [-0.3, -0.25) is 9.59 Å². The summed E-state index contributed by atoms with van der Waals surface area (Å²) in [4.78, 5) is 31.8. The summed E-state index contributed by atoms with van der Waals surface area (Å²) in [6, 6.07) is 14.6. The molecule has 2 aliphatic rings. The summed E-state index contributed by atoms with van der Waals surface area (Å²) in [5.74, 6) is 0.242. The van der Waals surface area contributed by atoms with Crippen molar-refractivity contribution < 1.29 is 23.9 Å². The smallest absolute Gasteiger partial charge is 0.289 e. The number of hydrogen-bond donors (Lipinski definition) is 1. The Morgan fingerprint density at radius 3 is 2.15 bits per heavy atom. The van der Waals surface area contributed by atoms with Crippen LogP contribution in [-0.2, 0) is 16.0 Å². The Hall–Kier alpha value is -3.63. The minimum Gasteiger partial charge on any atom is -0.486 e. The van der Waals surface area contributed by atoms with E-state index in [9.17, 15) is 9.59 Å². The SMILES string of the molecule is C#C.C=O.NC(=O)C(=O)c1ccccc1.c1cc2c(cc1CCCN1CCCC1)OCCO2. The van der Waals surface area contributed by atoms with Gasteiger partial charge in [0.05, 0.1) is 0 Å². The van der Waals surface area contributed by atoms with Crippen molar-refractivity contribution in [2.45, 2.75) is 25.7 Å². The normalized spacial score (nSPS) is 13.6. The number of likely N-dealkylation sites (tertiary alicyclic amines) is 1. The van der Waals surface area contributed by atoms with Crippen LogP contribution < -0.4 is 15.2 Å². The summed E-state index contributed by atoms with van der Waals surface area (Å²) in [6.07, 6.45) is 13.1. The van der Waals surface area contributed by atoms with Gasteiger partial charge in [-0.05, 0) is 63.0 Å². The predicted octanol–water partition coefficient (Wildman–Crippen LogP) is 2.91. The summed E-state index contributed by atoms with van der Waals surface area (Å²) in [7, 11) is 0. The van der Waals surface area contributed by atoms with Gasteiger partial charge in [0.2, 0.25) is 5.78 Å².